The second-order valence-corrected chi connectivity index (χ2v) is 10.7. The summed E-state index contributed by atoms with van der Waals surface area (Å²) in [5, 5.41) is 16.6. The van der Waals surface area contributed by atoms with Crippen molar-refractivity contribution in [2.45, 2.75) is 72.4 Å². The standard InChI is InChI=1S/C26H33ClN4O3/c1-15(32)22-10-20(23-12-26(3,4)14-31(22)23)19-11-24(28-13-21(19)27)30-25(34)17-7-5-6-8-18(9-17)29-16(2)33/h8,10-11,13,15,17,32H,5-7,9,12,14H2,1-4H3,(H,29,33)(H,28,30,34)/t15-,17+/m1/s1. The molecule has 0 saturated heterocycles. The number of allylic oxidation sites excluding steroid dienone is 2. The van der Waals surface area contributed by atoms with Gasteiger partial charge in [-0.3, -0.25) is 9.59 Å². The number of rotatable bonds is 5. The maximum atomic E-state index is 13.1. The molecule has 2 aromatic rings. The van der Waals surface area contributed by atoms with Crippen LogP contribution in [0.15, 0.2) is 30.1 Å². The fourth-order valence-corrected chi connectivity index (χ4v) is 5.29. The van der Waals surface area contributed by atoms with E-state index in [2.05, 4.69) is 34.0 Å². The third-order valence-electron chi connectivity index (χ3n) is 6.62. The molecule has 2 aliphatic rings. The van der Waals surface area contributed by atoms with Crippen molar-refractivity contribution in [1.82, 2.24) is 14.9 Å². The number of aliphatic hydroxyl groups is 1. The highest BCUT2D eigenvalue weighted by molar-refractivity contribution is 6.33. The molecular weight excluding hydrogens is 452 g/mol. The summed E-state index contributed by atoms with van der Waals surface area (Å²) in [4.78, 5) is 28.9. The van der Waals surface area contributed by atoms with Gasteiger partial charge in [-0.2, -0.15) is 0 Å². The lowest BCUT2D eigenvalue weighted by Crippen LogP contribution is -2.27. The summed E-state index contributed by atoms with van der Waals surface area (Å²) in [6.45, 7) is 8.51. The van der Waals surface area contributed by atoms with Crippen molar-refractivity contribution in [3.63, 3.8) is 0 Å². The molecule has 7 nitrogen and oxygen atoms in total. The highest BCUT2D eigenvalue weighted by atomic mass is 35.5. The molecule has 8 heteroatoms. The number of nitrogens with zero attached hydrogens (tertiary/aromatic N) is 2. The third kappa shape index (κ3) is 5.20. The van der Waals surface area contributed by atoms with E-state index in [4.69, 9.17) is 11.6 Å². The van der Waals surface area contributed by atoms with Gasteiger partial charge in [-0.1, -0.05) is 31.5 Å². The topological polar surface area (TPSA) is 96.3 Å². The SMILES string of the molecule is CC(=O)NC1=CCCC[C@H](C(=O)Nc2cc(-c3cc([C@@H](C)O)n4c3CC(C)(C)C4)c(Cl)cn2)C1. The molecule has 4 rings (SSSR count). The van der Waals surface area contributed by atoms with Gasteiger partial charge >= 0.3 is 0 Å². The molecule has 0 radical (unpaired) electrons. The number of carbonyl (C=O) groups is 2. The Balaban J connectivity index is 1.59. The molecule has 3 N–H and O–H groups in total. The lowest BCUT2D eigenvalue weighted by atomic mass is 9.89. The van der Waals surface area contributed by atoms with E-state index in [0.29, 0.717) is 17.3 Å². The smallest absolute Gasteiger partial charge is 0.229 e. The first-order valence-electron chi connectivity index (χ1n) is 11.9. The second-order valence-electron chi connectivity index (χ2n) is 10.3. The van der Waals surface area contributed by atoms with Crippen LogP contribution in [0, 0.1) is 11.3 Å². The van der Waals surface area contributed by atoms with Crippen LogP contribution in [-0.2, 0) is 22.6 Å². The van der Waals surface area contributed by atoms with Crippen LogP contribution < -0.4 is 10.6 Å². The summed E-state index contributed by atoms with van der Waals surface area (Å²) in [7, 11) is 0. The summed E-state index contributed by atoms with van der Waals surface area (Å²) in [5.74, 6) is -0.0552. The Labute approximate surface area is 205 Å². The fraction of sp³-hybridized carbons (Fsp3) is 0.500. The van der Waals surface area contributed by atoms with Gasteiger partial charge in [0, 0.05) is 53.8 Å². The molecule has 1 aliphatic carbocycles. The Bertz CT molecular complexity index is 1150. The Morgan fingerprint density at radius 3 is 2.74 bits per heavy atom. The molecule has 0 aromatic carbocycles. The number of carbonyl (C=O) groups excluding carboxylic acids is 2. The molecule has 3 heterocycles. The van der Waals surface area contributed by atoms with Crippen LogP contribution in [0.4, 0.5) is 5.82 Å². The van der Waals surface area contributed by atoms with Gasteiger partial charge in [0.05, 0.1) is 11.1 Å². The minimum Gasteiger partial charge on any atom is -0.387 e. The monoisotopic (exact) mass is 484 g/mol. The number of amides is 2. The number of fused-ring (bicyclic) bond motifs is 1. The zero-order chi connectivity index (χ0) is 24.6. The summed E-state index contributed by atoms with van der Waals surface area (Å²) in [5.41, 5.74) is 4.65. The zero-order valence-electron chi connectivity index (χ0n) is 20.2. The fourth-order valence-electron chi connectivity index (χ4n) is 5.09. The first-order valence-corrected chi connectivity index (χ1v) is 12.3. The quantitative estimate of drug-likeness (QED) is 0.557. The van der Waals surface area contributed by atoms with Crippen molar-refractivity contribution < 1.29 is 14.7 Å². The molecular formula is C26H33ClN4O3. The van der Waals surface area contributed by atoms with Gasteiger partial charge in [0.2, 0.25) is 11.8 Å². The minimum absolute atomic E-state index is 0.0875. The van der Waals surface area contributed by atoms with Crippen LogP contribution in [0.25, 0.3) is 11.1 Å². The molecule has 34 heavy (non-hydrogen) atoms. The number of pyridine rings is 1. The number of aliphatic hydroxyl groups excluding tert-OH is 1. The Kier molecular flexibility index (Phi) is 6.87. The maximum absolute atomic E-state index is 13.1. The first kappa shape index (κ1) is 24.5. The number of halogens is 1. The first-order chi connectivity index (χ1) is 16.0. The molecule has 0 spiro atoms. The van der Waals surface area contributed by atoms with Gasteiger partial charge in [-0.05, 0) is 56.6 Å². The van der Waals surface area contributed by atoms with E-state index >= 15 is 0 Å². The molecule has 0 unspecified atom stereocenters. The summed E-state index contributed by atoms with van der Waals surface area (Å²) in [6, 6.07) is 3.81. The predicted octanol–water partition coefficient (Wildman–Crippen LogP) is 4.99. The average molecular weight is 485 g/mol. The molecule has 0 saturated carbocycles. The van der Waals surface area contributed by atoms with Crippen LogP contribution >= 0.6 is 11.6 Å². The molecule has 0 fully saturated rings. The normalized spacial score (nSPS) is 20.2. The predicted molar refractivity (Wildman–Crippen MR) is 133 cm³/mol. The Morgan fingerprint density at radius 1 is 1.26 bits per heavy atom. The van der Waals surface area contributed by atoms with Crippen LogP contribution in [0.2, 0.25) is 5.02 Å². The minimum atomic E-state index is -0.595. The summed E-state index contributed by atoms with van der Waals surface area (Å²) >= 11 is 6.57. The van der Waals surface area contributed by atoms with Gasteiger partial charge in [-0.15, -0.1) is 0 Å². The Hall–Kier alpha value is -2.64. The summed E-state index contributed by atoms with van der Waals surface area (Å²) < 4.78 is 2.19. The number of hydrogen-bond acceptors (Lipinski definition) is 4. The zero-order valence-corrected chi connectivity index (χ0v) is 21.0. The van der Waals surface area contributed by atoms with E-state index in [9.17, 15) is 14.7 Å². The van der Waals surface area contributed by atoms with Crippen molar-refractivity contribution in [3.05, 3.63) is 46.5 Å². The highest BCUT2D eigenvalue weighted by Gasteiger charge is 2.34. The molecule has 2 aromatic heterocycles. The van der Waals surface area contributed by atoms with Gasteiger partial charge in [0.1, 0.15) is 5.82 Å². The van der Waals surface area contributed by atoms with E-state index in [1.165, 1.54) is 6.92 Å². The molecule has 0 bridgehead atoms. The summed E-state index contributed by atoms with van der Waals surface area (Å²) in [6.07, 6.45) is 6.80. The number of aromatic nitrogens is 2. The molecule has 2 atom stereocenters. The lowest BCUT2D eigenvalue weighted by Gasteiger charge is -2.18. The van der Waals surface area contributed by atoms with Crippen molar-refractivity contribution in [2.24, 2.45) is 11.3 Å². The van der Waals surface area contributed by atoms with Gasteiger partial charge in [0.25, 0.3) is 0 Å². The lowest BCUT2D eigenvalue weighted by molar-refractivity contribution is -0.121. The van der Waals surface area contributed by atoms with Crippen LogP contribution in [0.5, 0.6) is 0 Å². The van der Waals surface area contributed by atoms with Gasteiger partial charge < -0.3 is 20.3 Å². The molecule has 182 valence electrons. The number of nitrogens with one attached hydrogen (secondary N) is 2. The van der Waals surface area contributed by atoms with Crippen molar-refractivity contribution in [3.8, 4) is 11.1 Å². The van der Waals surface area contributed by atoms with Crippen molar-refractivity contribution in [2.75, 3.05) is 5.32 Å². The average Bonchev–Trinajstić information content (AvgIpc) is 3.12. The van der Waals surface area contributed by atoms with E-state index in [0.717, 1.165) is 60.4 Å². The van der Waals surface area contributed by atoms with Crippen molar-refractivity contribution >= 4 is 29.2 Å². The number of hydrogen-bond donors (Lipinski definition) is 3. The third-order valence-corrected chi connectivity index (χ3v) is 6.92. The van der Waals surface area contributed by atoms with E-state index in [1.54, 1.807) is 13.1 Å². The Morgan fingerprint density at radius 2 is 2.03 bits per heavy atom. The van der Waals surface area contributed by atoms with Gasteiger partial charge in [0.15, 0.2) is 0 Å². The van der Waals surface area contributed by atoms with Crippen LogP contribution in [0.3, 0.4) is 0 Å². The number of anilines is 1. The van der Waals surface area contributed by atoms with E-state index in [-0.39, 0.29) is 23.1 Å². The second kappa shape index (κ2) is 9.55. The largest absolute Gasteiger partial charge is 0.387 e. The van der Waals surface area contributed by atoms with Gasteiger partial charge in [-0.25, -0.2) is 4.98 Å². The van der Waals surface area contributed by atoms with Crippen LogP contribution in [-0.4, -0.2) is 26.5 Å². The van der Waals surface area contributed by atoms with E-state index in [1.807, 2.05) is 18.2 Å². The van der Waals surface area contributed by atoms with E-state index < -0.39 is 6.10 Å². The molecule has 2 amide bonds. The highest BCUT2D eigenvalue weighted by Crippen LogP contribution is 2.43. The molecule has 1 aliphatic heterocycles. The van der Waals surface area contributed by atoms with Crippen LogP contribution in [0.1, 0.15) is 70.9 Å². The van der Waals surface area contributed by atoms with Crippen molar-refractivity contribution in [1.29, 1.82) is 0 Å². The maximum Gasteiger partial charge on any atom is 0.229 e.